The van der Waals surface area contributed by atoms with E-state index in [2.05, 4.69) is 10.6 Å². The topological polar surface area (TPSA) is 91.6 Å². The standard InChI is InChI=1S/C13H18N2O4/c1-9(15-12(18)10-2-5-19-6-10)11(17)14-7-13(8-16)3-4-13/h2,5-6,9,16H,3-4,7-8H2,1H3,(H,14,17)(H,15,18). The number of hydrogen-bond acceptors (Lipinski definition) is 4. The Bertz CT molecular complexity index is 451. The van der Waals surface area contributed by atoms with Gasteiger partial charge in [-0.2, -0.15) is 0 Å². The van der Waals surface area contributed by atoms with E-state index in [1.807, 2.05) is 0 Å². The molecule has 19 heavy (non-hydrogen) atoms. The first-order valence-corrected chi connectivity index (χ1v) is 6.28. The third-order valence-corrected chi connectivity index (χ3v) is 3.45. The van der Waals surface area contributed by atoms with E-state index in [1.165, 1.54) is 18.6 Å². The number of furan rings is 1. The smallest absolute Gasteiger partial charge is 0.255 e. The summed E-state index contributed by atoms with van der Waals surface area (Å²) < 4.78 is 4.80. The molecule has 1 unspecified atom stereocenters. The number of carbonyl (C=O) groups excluding carboxylic acids is 2. The van der Waals surface area contributed by atoms with E-state index in [0.29, 0.717) is 12.1 Å². The summed E-state index contributed by atoms with van der Waals surface area (Å²) in [5, 5.41) is 14.5. The lowest BCUT2D eigenvalue weighted by molar-refractivity contribution is -0.122. The fourth-order valence-electron chi connectivity index (χ4n) is 1.73. The summed E-state index contributed by atoms with van der Waals surface area (Å²) in [5.41, 5.74) is 0.248. The molecule has 1 atom stereocenters. The first-order chi connectivity index (χ1) is 9.06. The molecule has 1 heterocycles. The maximum Gasteiger partial charge on any atom is 0.255 e. The van der Waals surface area contributed by atoms with Gasteiger partial charge >= 0.3 is 0 Å². The monoisotopic (exact) mass is 266 g/mol. The predicted octanol–water partition coefficient (Wildman–Crippen LogP) is 0.287. The molecular formula is C13H18N2O4. The van der Waals surface area contributed by atoms with Gasteiger partial charge in [-0.1, -0.05) is 0 Å². The lowest BCUT2D eigenvalue weighted by Gasteiger charge is -2.17. The van der Waals surface area contributed by atoms with Gasteiger partial charge in [0.1, 0.15) is 12.3 Å². The maximum atomic E-state index is 11.8. The second-order valence-electron chi connectivity index (χ2n) is 5.08. The van der Waals surface area contributed by atoms with Crippen molar-refractivity contribution in [1.29, 1.82) is 0 Å². The van der Waals surface area contributed by atoms with Crippen molar-refractivity contribution >= 4 is 11.8 Å². The summed E-state index contributed by atoms with van der Waals surface area (Å²) in [7, 11) is 0. The van der Waals surface area contributed by atoms with E-state index in [9.17, 15) is 9.59 Å². The van der Waals surface area contributed by atoms with Gasteiger partial charge < -0.3 is 20.2 Å². The normalized spacial score (nSPS) is 17.6. The van der Waals surface area contributed by atoms with Crippen LogP contribution in [0.15, 0.2) is 23.0 Å². The fraction of sp³-hybridized carbons (Fsp3) is 0.538. The predicted molar refractivity (Wildman–Crippen MR) is 67.4 cm³/mol. The average molecular weight is 266 g/mol. The largest absolute Gasteiger partial charge is 0.472 e. The first kappa shape index (κ1) is 13.6. The molecule has 3 N–H and O–H groups in total. The lowest BCUT2D eigenvalue weighted by Crippen LogP contribution is -2.46. The van der Waals surface area contributed by atoms with Gasteiger partial charge in [0.05, 0.1) is 18.4 Å². The summed E-state index contributed by atoms with van der Waals surface area (Å²) in [5.74, 6) is -0.601. The van der Waals surface area contributed by atoms with Crippen molar-refractivity contribution in [2.45, 2.75) is 25.8 Å². The third kappa shape index (κ3) is 3.35. The molecule has 1 aromatic heterocycles. The van der Waals surface area contributed by atoms with E-state index < -0.39 is 6.04 Å². The highest BCUT2D eigenvalue weighted by Crippen LogP contribution is 2.44. The second-order valence-corrected chi connectivity index (χ2v) is 5.08. The summed E-state index contributed by atoms with van der Waals surface area (Å²) >= 11 is 0. The van der Waals surface area contributed by atoms with Gasteiger partial charge in [0.2, 0.25) is 5.91 Å². The van der Waals surface area contributed by atoms with Crippen LogP contribution in [0.5, 0.6) is 0 Å². The molecule has 0 aliphatic heterocycles. The van der Waals surface area contributed by atoms with Crippen molar-refractivity contribution in [2.24, 2.45) is 5.41 Å². The van der Waals surface area contributed by atoms with Crippen LogP contribution in [-0.2, 0) is 4.79 Å². The maximum absolute atomic E-state index is 11.8. The van der Waals surface area contributed by atoms with Gasteiger partial charge in [-0.05, 0) is 25.8 Å². The van der Waals surface area contributed by atoms with E-state index in [4.69, 9.17) is 9.52 Å². The summed E-state index contributed by atoms with van der Waals surface area (Å²) in [6.45, 7) is 2.16. The van der Waals surface area contributed by atoms with Gasteiger partial charge in [0.25, 0.3) is 5.91 Å². The van der Waals surface area contributed by atoms with Gasteiger partial charge in [-0.3, -0.25) is 9.59 Å². The van der Waals surface area contributed by atoms with Crippen molar-refractivity contribution in [3.8, 4) is 0 Å². The molecule has 0 bridgehead atoms. The van der Waals surface area contributed by atoms with Crippen LogP contribution in [0, 0.1) is 5.41 Å². The highest BCUT2D eigenvalue weighted by Gasteiger charge is 2.42. The second kappa shape index (κ2) is 5.44. The molecule has 1 aliphatic carbocycles. The molecule has 0 saturated heterocycles. The molecule has 104 valence electrons. The Kier molecular flexibility index (Phi) is 3.90. The number of nitrogens with one attached hydrogen (secondary N) is 2. The minimum atomic E-state index is -0.628. The molecule has 0 radical (unpaired) electrons. The van der Waals surface area contributed by atoms with Crippen molar-refractivity contribution in [2.75, 3.05) is 13.2 Å². The van der Waals surface area contributed by atoms with E-state index >= 15 is 0 Å². The van der Waals surface area contributed by atoms with Crippen LogP contribution in [-0.4, -0.2) is 36.1 Å². The van der Waals surface area contributed by atoms with Crippen molar-refractivity contribution in [1.82, 2.24) is 10.6 Å². The van der Waals surface area contributed by atoms with Crippen molar-refractivity contribution < 1.29 is 19.1 Å². The molecule has 6 heteroatoms. The zero-order valence-corrected chi connectivity index (χ0v) is 10.8. The van der Waals surface area contributed by atoms with Crippen LogP contribution in [0.2, 0.25) is 0 Å². The number of hydrogen-bond donors (Lipinski definition) is 3. The van der Waals surface area contributed by atoms with Gasteiger partial charge in [-0.15, -0.1) is 0 Å². The van der Waals surface area contributed by atoms with Crippen LogP contribution < -0.4 is 10.6 Å². The zero-order chi connectivity index (χ0) is 13.9. The van der Waals surface area contributed by atoms with E-state index in [0.717, 1.165) is 12.8 Å². The Morgan fingerprint density at radius 3 is 2.79 bits per heavy atom. The fourth-order valence-corrected chi connectivity index (χ4v) is 1.73. The third-order valence-electron chi connectivity index (χ3n) is 3.45. The Hall–Kier alpha value is -1.82. The van der Waals surface area contributed by atoms with Crippen LogP contribution in [0.3, 0.4) is 0 Å². The van der Waals surface area contributed by atoms with Crippen LogP contribution >= 0.6 is 0 Å². The van der Waals surface area contributed by atoms with Crippen LogP contribution in [0.25, 0.3) is 0 Å². The number of aliphatic hydroxyl groups is 1. The molecule has 1 aromatic rings. The molecule has 1 fully saturated rings. The quantitative estimate of drug-likeness (QED) is 0.690. The Balaban J connectivity index is 1.78. The lowest BCUT2D eigenvalue weighted by atomic mass is 10.1. The number of aliphatic hydroxyl groups excluding tert-OH is 1. The number of carbonyl (C=O) groups is 2. The molecule has 2 rings (SSSR count). The molecule has 1 aliphatic rings. The van der Waals surface area contributed by atoms with E-state index in [-0.39, 0.29) is 23.8 Å². The minimum absolute atomic E-state index is 0.0863. The van der Waals surface area contributed by atoms with Crippen LogP contribution in [0.1, 0.15) is 30.1 Å². The number of rotatable bonds is 6. The average Bonchev–Trinajstić information content (AvgIpc) is 2.98. The molecule has 0 aromatic carbocycles. The van der Waals surface area contributed by atoms with Gasteiger partial charge in [0.15, 0.2) is 0 Å². The molecule has 2 amide bonds. The highest BCUT2D eigenvalue weighted by molar-refractivity contribution is 5.97. The summed E-state index contributed by atoms with van der Waals surface area (Å²) in [6, 6.07) is 0.905. The zero-order valence-electron chi connectivity index (χ0n) is 10.8. The molecular weight excluding hydrogens is 248 g/mol. The van der Waals surface area contributed by atoms with Crippen molar-refractivity contribution in [3.05, 3.63) is 24.2 Å². The van der Waals surface area contributed by atoms with Gasteiger partial charge in [-0.25, -0.2) is 0 Å². The Labute approximate surface area is 111 Å². The molecule has 0 spiro atoms. The first-order valence-electron chi connectivity index (χ1n) is 6.28. The Morgan fingerprint density at radius 2 is 2.26 bits per heavy atom. The van der Waals surface area contributed by atoms with Crippen LogP contribution in [0.4, 0.5) is 0 Å². The Morgan fingerprint density at radius 1 is 1.53 bits per heavy atom. The number of amides is 2. The summed E-state index contributed by atoms with van der Waals surface area (Å²) in [6.07, 6.45) is 4.59. The van der Waals surface area contributed by atoms with Crippen molar-refractivity contribution in [3.63, 3.8) is 0 Å². The van der Waals surface area contributed by atoms with Gasteiger partial charge in [0, 0.05) is 12.0 Å². The highest BCUT2D eigenvalue weighted by atomic mass is 16.3. The summed E-state index contributed by atoms with van der Waals surface area (Å²) in [4.78, 5) is 23.5. The van der Waals surface area contributed by atoms with E-state index in [1.54, 1.807) is 6.92 Å². The minimum Gasteiger partial charge on any atom is -0.472 e. The SMILES string of the molecule is CC(NC(=O)c1ccoc1)C(=O)NCC1(CO)CC1. The molecule has 6 nitrogen and oxygen atoms in total. The molecule has 1 saturated carbocycles.